The SMILES string of the molecule is O=c1cc(C2CCNCC2)nc(-c2ccc(Cl)cc2)[nH]1. The van der Waals surface area contributed by atoms with Gasteiger partial charge in [-0.1, -0.05) is 11.6 Å². The predicted octanol–water partition coefficient (Wildman–Crippen LogP) is 2.56. The van der Waals surface area contributed by atoms with Crippen molar-refractivity contribution in [2.24, 2.45) is 0 Å². The van der Waals surface area contributed by atoms with Crippen LogP contribution < -0.4 is 10.9 Å². The van der Waals surface area contributed by atoms with Gasteiger partial charge in [-0.2, -0.15) is 0 Å². The summed E-state index contributed by atoms with van der Waals surface area (Å²) in [5.74, 6) is 0.979. The van der Waals surface area contributed by atoms with E-state index in [0.717, 1.165) is 37.2 Å². The maximum absolute atomic E-state index is 11.9. The molecule has 104 valence electrons. The average molecular weight is 290 g/mol. The molecular formula is C15H16ClN3O. The normalized spacial score (nSPS) is 16.2. The Bertz CT molecular complexity index is 645. The van der Waals surface area contributed by atoms with Crippen LogP contribution in [0.2, 0.25) is 5.02 Å². The molecule has 2 N–H and O–H groups in total. The fourth-order valence-corrected chi connectivity index (χ4v) is 2.67. The van der Waals surface area contributed by atoms with Gasteiger partial charge in [-0.15, -0.1) is 0 Å². The van der Waals surface area contributed by atoms with Gasteiger partial charge in [-0.05, 0) is 50.2 Å². The Morgan fingerprint density at radius 3 is 2.55 bits per heavy atom. The first-order valence-corrected chi connectivity index (χ1v) is 7.18. The quantitative estimate of drug-likeness (QED) is 0.893. The minimum atomic E-state index is -0.0986. The van der Waals surface area contributed by atoms with Crippen molar-refractivity contribution in [1.29, 1.82) is 0 Å². The number of aromatic amines is 1. The number of nitrogens with zero attached hydrogens (tertiary/aromatic N) is 1. The average Bonchev–Trinajstić information content (AvgIpc) is 2.48. The van der Waals surface area contributed by atoms with Crippen LogP contribution in [0.15, 0.2) is 35.1 Å². The Hall–Kier alpha value is -1.65. The molecule has 1 aromatic heterocycles. The van der Waals surface area contributed by atoms with Gasteiger partial charge in [0.15, 0.2) is 0 Å². The van der Waals surface area contributed by atoms with Crippen LogP contribution in [-0.4, -0.2) is 23.1 Å². The van der Waals surface area contributed by atoms with Gasteiger partial charge in [0.2, 0.25) is 0 Å². The van der Waals surface area contributed by atoms with Crippen LogP contribution in [0.25, 0.3) is 11.4 Å². The Labute approximate surface area is 122 Å². The molecule has 0 atom stereocenters. The number of nitrogens with one attached hydrogen (secondary N) is 2. The summed E-state index contributed by atoms with van der Waals surface area (Å²) in [6, 6.07) is 8.96. The molecule has 5 heteroatoms. The maximum Gasteiger partial charge on any atom is 0.251 e. The Balaban J connectivity index is 1.97. The summed E-state index contributed by atoms with van der Waals surface area (Å²) in [6.07, 6.45) is 2.05. The van der Waals surface area contributed by atoms with Gasteiger partial charge in [0, 0.05) is 22.6 Å². The predicted molar refractivity (Wildman–Crippen MR) is 80.1 cm³/mol. The van der Waals surface area contributed by atoms with Crippen LogP contribution in [0, 0.1) is 0 Å². The largest absolute Gasteiger partial charge is 0.317 e. The second-order valence-electron chi connectivity index (χ2n) is 5.05. The lowest BCUT2D eigenvalue weighted by molar-refractivity contribution is 0.453. The number of rotatable bonds is 2. The standard InChI is InChI=1S/C15H16ClN3O/c16-12-3-1-11(2-4-12)15-18-13(9-14(20)19-15)10-5-7-17-8-6-10/h1-4,9-10,17H,5-8H2,(H,18,19,20). The molecule has 4 nitrogen and oxygen atoms in total. The van der Waals surface area contributed by atoms with Gasteiger partial charge in [0.1, 0.15) is 5.82 Å². The van der Waals surface area contributed by atoms with E-state index >= 15 is 0 Å². The molecule has 1 saturated heterocycles. The molecule has 0 amide bonds. The summed E-state index contributed by atoms with van der Waals surface area (Å²) in [5, 5.41) is 4.00. The highest BCUT2D eigenvalue weighted by Crippen LogP contribution is 2.24. The second-order valence-corrected chi connectivity index (χ2v) is 5.49. The third-order valence-electron chi connectivity index (χ3n) is 3.64. The highest BCUT2D eigenvalue weighted by atomic mass is 35.5. The molecule has 0 spiro atoms. The van der Waals surface area contributed by atoms with Crippen LogP contribution in [0.5, 0.6) is 0 Å². The van der Waals surface area contributed by atoms with Crippen LogP contribution >= 0.6 is 11.6 Å². The molecule has 2 heterocycles. The lowest BCUT2D eigenvalue weighted by Crippen LogP contribution is -2.28. The molecule has 1 fully saturated rings. The van der Waals surface area contributed by atoms with Gasteiger partial charge >= 0.3 is 0 Å². The summed E-state index contributed by atoms with van der Waals surface area (Å²) in [6.45, 7) is 1.96. The van der Waals surface area contributed by atoms with E-state index in [9.17, 15) is 4.79 Å². The number of hydrogen-bond acceptors (Lipinski definition) is 3. The van der Waals surface area contributed by atoms with Crippen LogP contribution in [0.3, 0.4) is 0 Å². The van der Waals surface area contributed by atoms with E-state index in [1.54, 1.807) is 18.2 Å². The van der Waals surface area contributed by atoms with Gasteiger partial charge in [-0.25, -0.2) is 4.98 Å². The Kier molecular flexibility index (Phi) is 3.85. The Morgan fingerprint density at radius 1 is 1.15 bits per heavy atom. The molecule has 1 aliphatic rings. The molecule has 0 unspecified atom stereocenters. The van der Waals surface area contributed by atoms with E-state index in [1.165, 1.54) is 0 Å². The lowest BCUT2D eigenvalue weighted by Gasteiger charge is -2.22. The minimum Gasteiger partial charge on any atom is -0.317 e. The first-order chi connectivity index (χ1) is 9.72. The number of hydrogen-bond donors (Lipinski definition) is 2. The van der Waals surface area contributed by atoms with E-state index in [2.05, 4.69) is 15.3 Å². The summed E-state index contributed by atoms with van der Waals surface area (Å²) in [5.41, 5.74) is 1.67. The third-order valence-corrected chi connectivity index (χ3v) is 3.89. The fourth-order valence-electron chi connectivity index (χ4n) is 2.55. The molecule has 0 bridgehead atoms. The molecule has 1 aliphatic heterocycles. The lowest BCUT2D eigenvalue weighted by atomic mass is 9.94. The van der Waals surface area contributed by atoms with E-state index < -0.39 is 0 Å². The number of aromatic nitrogens is 2. The summed E-state index contributed by atoms with van der Waals surface area (Å²) in [7, 11) is 0. The number of benzene rings is 1. The summed E-state index contributed by atoms with van der Waals surface area (Å²) < 4.78 is 0. The summed E-state index contributed by atoms with van der Waals surface area (Å²) >= 11 is 5.88. The van der Waals surface area contributed by atoms with E-state index in [4.69, 9.17) is 11.6 Å². The first-order valence-electron chi connectivity index (χ1n) is 6.80. The molecule has 1 aromatic carbocycles. The van der Waals surface area contributed by atoms with Crippen molar-refractivity contribution in [2.45, 2.75) is 18.8 Å². The van der Waals surface area contributed by atoms with Gasteiger partial charge < -0.3 is 10.3 Å². The first kappa shape index (κ1) is 13.3. The van der Waals surface area contributed by atoms with Crippen molar-refractivity contribution >= 4 is 11.6 Å². The third kappa shape index (κ3) is 2.92. The number of halogens is 1. The zero-order valence-electron chi connectivity index (χ0n) is 11.0. The fraction of sp³-hybridized carbons (Fsp3) is 0.333. The van der Waals surface area contributed by atoms with Crippen molar-refractivity contribution in [3.8, 4) is 11.4 Å². The molecule has 0 saturated carbocycles. The van der Waals surface area contributed by atoms with Crippen LogP contribution in [0.1, 0.15) is 24.5 Å². The zero-order chi connectivity index (χ0) is 13.9. The van der Waals surface area contributed by atoms with Gasteiger partial charge in [0.05, 0.1) is 5.69 Å². The van der Waals surface area contributed by atoms with Crippen LogP contribution in [-0.2, 0) is 0 Å². The van der Waals surface area contributed by atoms with E-state index in [-0.39, 0.29) is 5.56 Å². The summed E-state index contributed by atoms with van der Waals surface area (Å²) in [4.78, 5) is 19.3. The molecular weight excluding hydrogens is 274 g/mol. The van der Waals surface area contributed by atoms with Gasteiger partial charge in [-0.3, -0.25) is 4.79 Å². The highest BCUT2D eigenvalue weighted by molar-refractivity contribution is 6.30. The topological polar surface area (TPSA) is 57.8 Å². The van der Waals surface area contributed by atoms with E-state index in [0.29, 0.717) is 16.8 Å². The van der Waals surface area contributed by atoms with Crippen molar-refractivity contribution < 1.29 is 0 Å². The molecule has 0 radical (unpaired) electrons. The number of H-pyrrole nitrogens is 1. The number of piperidine rings is 1. The van der Waals surface area contributed by atoms with E-state index in [1.807, 2.05) is 12.1 Å². The monoisotopic (exact) mass is 289 g/mol. The van der Waals surface area contributed by atoms with Crippen molar-refractivity contribution in [2.75, 3.05) is 13.1 Å². The van der Waals surface area contributed by atoms with Crippen LogP contribution in [0.4, 0.5) is 0 Å². The van der Waals surface area contributed by atoms with Crippen molar-refractivity contribution in [3.63, 3.8) is 0 Å². The Morgan fingerprint density at radius 2 is 1.85 bits per heavy atom. The van der Waals surface area contributed by atoms with Crippen molar-refractivity contribution in [1.82, 2.24) is 15.3 Å². The molecule has 3 rings (SSSR count). The highest BCUT2D eigenvalue weighted by Gasteiger charge is 2.18. The van der Waals surface area contributed by atoms with Gasteiger partial charge in [0.25, 0.3) is 5.56 Å². The van der Waals surface area contributed by atoms with Crippen molar-refractivity contribution in [3.05, 3.63) is 51.4 Å². The smallest absolute Gasteiger partial charge is 0.251 e. The maximum atomic E-state index is 11.9. The molecule has 2 aromatic rings. The minimum absolute atomic E-state index is 0.0986. The second kappa shape index (κ2) is 5.77. The molecule has 0 aliphatic carbocycles. The zero-order valence-corrected chi connectivity index (χ0v) is 11.8. The molecule has 20 heavy (non-hydrogen) atoms.